The second-order valence-electron chi connectivity index (χ2n) is 5.24. The van der Waals surface area contributed by atoms with Crippen molar-refractivity contribution in [3.8, 4) is 0 Å². The van der Waals surface area contributed by atoms with Crippen molar-refractivity contribution in [1.82, 2.24) is 0 Å². The van der Waals surface area contributed by atoms with Crippen molar-refractivity contribution in [2.24, 2.45) is 0 Å². The van der Waals surface area contributed by atoms with E-state index in [0.717, 1.165) is 5.56 Å². The standard InChI is InChI=1S/C21H19OP/c22-21(18-10-4-1-5-11-18)16-17-23(19-12-6-2-7-13-19)20-14-8-3-9-15-20/h1-17,21-22H/b17-16+. The van der Waals surface area contributed by atoms with Crippen LogP contribution in [-0.2, 0) is 0 Å². The average Bonchev–Trinajstić information content (AvgIpc) is 2.64. The van der Waals surface area contributed by atoms with Gasteiger partial charge >= 0.3 is 0 Å². The van der Waals surface area contributed by atoms with Gasteiger partial charge in [-0.3, -0.25) is 0 Å². The molecule has 1 unspecified atom stereocenters. The van der Waals surface area contributed by atoms with Gasteiger partial charge in [-0.2, -0.15) is 0 Å². The molecule has 0 amide bonds. The third-order valence-electron chi connectivity index (χ3n) is 3.63. The molecule has 1 atom stereocenters. The highest BCUT2D eigenvalue weighted by molar-refractivity contribution is 7.75. The Labute approximate surface area is 138 Å². The van der Waals surface area contributed by atoms with Crippen LogP contribution in [0.3, 0.4) is 0 Å². The largest absolute Gasteiger partial charge is 0.384 e. The van der Waals surface area contributed by atoms with Gasteiger partial charge in [-0.15, -0.1) is 0 Å². The summed E-state index contributed by atoms with van der Waals surface area (Å²) in [5.41, 5.74) is 0.917. The summed E-state index contributed by atoms with van der Waals surface area (Å²) in [6.45, 7) is 0. The molecule has 0 aliphatic heterocycles. The number of rotatable bonds is 5. The number of hydrogen-bond donors (Lipinski definition) is 1. The summed E-state index contributed by atoms with van der Waals surface area (Å²) in [6.07, 6.45) is 1.33. The summed E-state index contributed by atoms with van der Waals surface area (Å²) in [6, 6.07) is 30.7. The minimum Gasteiger partial charge on any atom is -0.384 e. The van der Waals surface area contributed by atoms with Crippen LogP contribution in [0.5, 0.6) is 0 Å². The minimum atomic E-state index is -0.614. The van der Waals surface area contributed by atoms with Gasteiger partial charge in [-0.1, -0.05) is 103 Å². The summed E-state index contributed by atoms with van der Waals surface area (Å²) in [5.74, 6) is 2.15. The van der Waals surface area contributed by atoms with Gasteiger partial charge in [0.05, 0.1) is 6.10 Å². The molecule has 114 valence electrons. The lowest BCUT2D eigenvalue weighted by molar-refractivity contribution is 0.229. The van der Waals surface area contributed by atoms with Gasteiger partial charge in [0.1, 0.15) is 0 Å². The predicted octanol–water partition coefficient (Wildman–Crippen LogP) is 4.37. The highest BCUT2D eigenvalue weighted by Gasteiger charge is 2.11. The van der Waals surface area contributed by atoms with Crippen molar-refractivity contribution in [1.29, 1.82) is 0 Å². The van der Waals surface area contributed by atoms with E-state index < -0.39 is 14.0 Å². The minimum absolute atomic E-state index is 0.575. The van der Waals surface area contributed by atoms with E-state index in [-0.39, 0.29) is 0 Å². The summed E-state index contributed by atoms with van der Waals surface area (Å²) >= 11 is 0. The first-order valence-corrected chi connectivity index (χ1v) is 9.06. The first-order chi connectivity index (χ1) is 11.3. The zero-order chi connectivity index (χ0) is 15.9. The summed E-state index contributed by atoms with van der Waals surface area (Å²) in [5, 5.41) is 13.0. The second-order valence-corrected chi connectivity index (χ2v) is 7.31. The fraction of sp³-hybridized carbons (Fsp3) is 0.0476. The topological polar surface area (TPSA) is 20.2 Å². The molecular formula is C21H19OP. The lowest BCUT2D eigenvalue weighted by Crippen LogP contribution is -2.09. The van der Waals surface area contributed by atoms with E-state index in [0.29, 0.717) is 0 Å². The van der Waals surface area contributed by atoms with Crippen LogP contribution in [0.15, 0.2) is 103 Å². The maximum atomic E-state index is 10.4. The molecule has 23 heavy (non-hydrogen) atoms. The third kappa shape index (κ3) is 4.16. The lowest BCUT2D eigenvalue weighted by Gasteiger charge is -2.15. The molecule has 0 aromatic heterocycles. The summed E-state index contributed by atoms with van der Waals surface area (Å²) < 4.78 is 0. The van der Waals surface area contributed by atoms with Gasteiger partial charge in [0, 0.05) is 0 Å². The van der Waals surface area contributed by atoms with Crippen molar-refractivity contribution < 1.29 is 5.11 Å². The van der Waals surface area contributed by atoms with Gasteiger partial charge in [-0.05, 0) is 24.1 Å². The van der Waals surface area contributed by atoms with Crippen molar-refractivity contribution in [3.63, 3.8) is 0 Å². The molecule has 0 spiro atoms. The first kappa shape index (κ1) is 15.7. The molecule has 2 heteroatoms. The predicted molar refractivity (Wildman–Crippen MR) is 99.6 cm³/mol. The van der Waals surface area contributed by atoms with Crippen molar-refractivity contribution in [2.45, 2.75) is 6.10 Å². The monoisotopic (exact) mass is 318 g/mol. The molecule has 3 rings (SSSR count). The number of aliphatic hydroxyl groups is 1. The molecule has 0 aliphatic carbocycles. The molecule has 0 saturated heterocycles. The Morgan fingerprint density at radius 1 is 0.652 bits per heavy atom. The molecule has 0 saturated carbocycles. The Morgan fingerprint density at radius 3 is 1.57 bits per heavy atom. The molecule has 3 aromatic carbocycles. The fourth-order valence-electron chi connectivity index (χ4n) is 2.43. The van der Waals surface area contributed by atoms with E-state index in [1.165, 1.54) is 10.6 Å². The van der Waals surface area contributed by atoms with E-state index in [1.54, 1.807) is 0 Å². The SMILES string of the molecule is OC(/C=C/P(c1ccccc1)c1ccccc1)c1ccccc1. The molecule has 0 fully saturated rings. The third-order valence-corrected chi connectivity index (χ3v) is 5.81. The maximum absolute atomic E-state index is 10.4. The molecule has 1 N–H and O–H groups in total. The van der Waals surface area contributed by atoms with Crippen LogP contribution < -0.4 is 10.6 Å². The summed E-state index contributed by atoms with van der Waals surface area (Å²) in [4.78, 5) is 0. The van der Waals surface area contributed by atoms with Crippen LogP contribution in [0.4, 0.5) is 0 Å². The number of benzene rings is 3. The fourth-order valence-corrected chi connectivity index (χ4v) is 4.39. The molecular weight excluding hydrogens is 299 g/mol. The Kier molecular flexibility index (Phi) is 5.37. The number of hydrogen-bond acceptors (Lipinski definition) is 1. The normalized spacial score (nSPS) is 12.6. The number of aliphatic hydroxyl groups excluding tert-OH is 1. The molecule has 0 radical (unpaired) electrons. The average molecular weight is 318 g/mol. The second kappa shape index (κ2) is 7.87. The van der Waals surface area contributed by atoms with E-state index in [1.807, 2.05) is 48.5 Å². The zero-order valence-electron chi connectivity index (χ0n) is 12.8. The zero-order valence-corrected chi connectivity index (χ0v) is 13.7. The summed E-state index contributed by atoms with van der Waals surface area (Å²) in [7, 11) is -0.614. The smallest absolute Gasteiger partial charge is 0.0975 e. The van der Waals surface area contributed by atoms with E-state index in [4.69, 9.17) is 0 Å². The van der Waals surface area contributed by atoms with Crippen molar-refractivity contribution in [3.05, 3.63) is 108 Å². The molecule has 3 aromatic rings. The van der Waals surface area contributed by atoms with E-state index in [2.05, 4.69) is 54.3 Å². The highest BCUT2D eigenvalue weighted by Crippen LogP contribution is 2.36. The van der Waals surface area contributed by atoms with Crippen LogP contribution in [0.2, 0.25) is 0 Å². The van der Waals surface area contributed by atoms with Gasteiger partial charge in [0.25, 0.3) is 0 Å². The van der Waals surface area contributed by atoms with Crippen molar-refractivity contribution in [2.75, 3.05) is 0 Å². The maximum Gasteiger partial charge on any atom is 0.0975 e. The van der Waals surface area contributed by atoms with Crippen LogP contribution in [-0.4, -0.2) is 5.11 Å². The Balaban J connectivity index is 1.89. The Bertz CT molecular complexity index is 699. The molecule has 0 heterocycles. The van der Waals surface area contributed by atoms with E-state index in [9.17, 15) is 5.11 Å². The van der Waals surface area contributed by atoms with Crippen LogP contribution >= 0.6 is 7.92 Å². The van der Waals surface area contributed by atoms with Crippen LogP contribution in [0.1, 0.15) is 11.7 Å². The lowest BCUT2D eigenvalue weighted by atomic mass is 10.1. The molecule has 0 bridgehead atoms. The Morgan fingerprint density at radius 2 is 1.09 bits per heavy atom. The highest BCUT2D eigenvalue weighted by atomic mass is 31.1. The van der Waals surface area contributed by atoms with Crippen molar-refractivity contribution >= 4 is 18.5 Å². The molecule has 1 nitrogen and oxygen atoms in total. The van der Waals surface area contributed by atoms with Gasteiger partial charge < -0.3 is 5.11 Å². The Hall–Kier alpha value is -2.21. The van der Waals surface area contributed by atoms with E-state index >= 15 is 0 Å². The molecule has 0 aliphatic rings. The van der Waals surface area contributed by atoms with Crippen LogP contribution in [0, 0.1) is 0 Å². The van der Waals surface area contributed by atoms with Gasteiger partial charge in [0.15, 0.2) is 0 Å². The van der Waals surface area contributed by atoms with Gasteiger partial charge in [-0.25, -0.2) is 0 Å². The quantitative estimate of drug-likeness (QED) is 0.693. The first-order valence-electron chi connectivity index (χ1n) is 7.65. The van der Waals surface area contributed by atoms with Crippen LogP contribution in [0.25, 0.3) is 0 Å². The van der Waals surface area contributed by atoms with Gasteiger partial charge in [0.2, 0.25) is 0 Å².